The van der Waals surface area contributed by atoms with Gasteiger partial charge in [0.15, 0.2) is 6.29 Å². The van der Waals surface area contributed by atoms with Crippen LogP contribution in [0, 0.1) is 23.2 Å². The molecule has 0 radical (unpaired) electrons. The van der Waals surface area contributed by atoms with Crippen LogP contribution in [0.4, 0.5) is 0 Å². The molecule has 1 saturated heterocycles. The number of ketones is 1. The molecule has 1 saturated carbocycles. The van der Waals surface area contributed by atoms with Crippen molar-refractivity contribution in [1.29, 1.82) is 5.26 Å². The molecule has 3 atom stereocenters. The number of carbonyl (C=O) groups excluding carboxylic acids is 1. The summed E-state index contributed by atoms with van der Waals surface area (Å²) in [5.74, 6) is 0.320. The molecule has 1 aliphatic heterocycles. The third-order valence-corrected chi connectivity index (χ3v) is 4.87. The maximum Gasteiger partial charge on any atom is 0.157 e. The Morgan fingerprint density at radius 3 is 2.73 bits per heavy atom. The summed E-state index contributed by atoms with van der Waals surface area (Å²) in [6.07, 6.45) is 11.4. The minimum absolute atomic E-state index is 0.0172. The number of hydrogen-bond acceptors (Lipinski definition) is 4. The maximum absolute atomic E-state index is 11.7. The molecule has 2 rings (SSSR count). The zero-order chi connectivity index (χ0) is 15.6. The molecule has 0 aromatic rings. The zero-order valence-corrected chi connectivity index (χ0v) is 13.6. The fourth-order valence-electron chi connectivity index (χ4n) is 3.48. The molecular formula is C18H29NO3. The minimum Gasteiger partial charge on any atom is -0.353 e. The highest BCUT2D eigenvalue weighted by Crippen LogP contribution is 2.32. The summed E-state index contributed by atoms with van der Waals surface area (Å²) in [6, 6.07) is 2.30. The molecule has 1 aliphatic carbocycles. The Kier molecular flexibility index (Phi) is 7.90. The number of carbonyl (C=O) groups is 1. The molecule has 0 bridgehead atoms. The van der Waals surface area contributed by atoms with Crippen LogP contribution >= 0.6 is 0 Å². The fourth-order valence-corrected chi connectivity index (χ4v) is 3.48. The van der Waals surface area contributed by atoms with E-state index >= 15 is 0 Å². The summed E-state index contributed by atoms with van der Waals surface area (Å²) >= 11 is 0. The second-order valence-electron chi connectivity index (χ2n) is 6.57. The van der Waals surface area contributed by atoms with Crippen molar-refractivity contribution in [1.82, 2.24) is 0 Å². The van der Waals surface area contributed by atoms with Crippen molar-refractivity contribution in [3.63, 3.8) is 0 Å². The van der Waals surface area contributed by atoms with E-state index in [0.717, 1.165) is 58.2 Å². The number of unbranched alkanes of at least 4 members (excludes halogenated alkanes) is 4. The van der Waals surface area contributed by atoms with Gasteiger partial charge in [0.25, 0.3) is 0 Å². The van der Waals surface area contributed by atoms with Gasteiger partial charge < -0.3 is 9.47 Å². The quantitative estimate of drug-likeness (QED) is 0.604. The van der Waals surface area contributed by atoms with Gasteiger partial charge in [0.2, 0.25) is 0 Å². The van der Waals surface area contributed by atoms with Crippen molar-refractivity contribution in [2.24, 2.45) is 11.8 Å². The fraction of sp³-hybridized carbons (Fsp3) is 0.889. The van der Waals surface area contributed by atoms with Crippen LogP contribution < -0.4 is 0 Å². The number of hydrogen-bond donors (Lipinski definition) is 0. The Morgan fingerprint density at radius 2 is 1.95 bits per heavy atom. The molecule has 4 nitrogen and oxygen atoms in total. The summed E-state index contributed by atoms with van der Waals surface area (Å²) in [4.78, 5) is 11.7. The van der Waals surface area contributed by atoms with Gasteiger partial charge in [-0.25, -0.2) is 0 Å². The average Bonchev–Trinajstić information content (AvgIpc) is 2.91. The molecule has 2 aliphatic rings. The van der Waals surface area contributed by atoms with Crippen molar-refractivity contribution < 1.29 is 14.3 Å². The van der Waals surface area contributed by atoms with E-state index in [0.29, 0.717) is 12.2 Å². The van der Waals surface area contributed by atoms with Gasteiger partial charge in [-0.1, -0.05) is 25.7 Å². The number of Topliss-reactive ketones (excluding diaryl/α,β-unsaturated/α-hetero) is 1. The van der Waals surface area contributed by atoms with Crippen LogP contribution in [0.5, 0.6) is 0 Å². The molecular weight excluding hydrogens is 278 g/mol. The number of rotatable bonds is 9. The van der Waals surface area contributed by atoms with Gasteiger partial charge in [0.05, 0.1) is 12.0 Å². The number of nitriles is 1. The van der Waals surface area contributed by atoms with E-state index in [4.69, 9.17) is 14.7 Å². The van der Waals surface area contributed by atoms with Crippen molar-refractivity contribution in [2.45, 2.75) is 76.9 Å². The highest BCUT2D eigenvalue weighted by molar-refractivity contribution is 5.83. The Hall–Kier alpha value is -0.920. The number of ether oxygens (including phenoxy) is 2. The third-order valence-electron chi connectivity index (χ3n) is 4.87. The summed E-state index contributed by atoms with van der Waals surface area (Å²) in [6.45, 7) is 1.64. The highest BCUT2D eigenvalue weighted by atomic mass is 16.7. The molecule has 22 heavy (non-hydrogen) atoms. The maximum atomic E-state index is 11.7. The second-order valence-corrected chi connectivity index (χ2v) is 6.57. The molecule has 0 N–H and O–H groups in total. The molecule has 1 heterocycles. The van der Waals surface area contributed by atoms with Crippen LogP contribution in [-0.2, 0) is 14.3 Å². The first-order valence-corrected chi connectivity index (χ1v) is 8.97. The molecule has 0 aromatic carbocycles. The van der Waals surface area contributed by atoms with E-state index < -0.39 is 0 Å². The van der Waals surface area contributed by atoms with E-state index in [1.807, 2.05) is 0 Å². The standard InChI is InChI=1S/C18H29NO3/c19-14-15-10-11-17(20)16(15)8-4-2-1-3-6-12-21-18-9-5-7-13-22-18/h15-16,18H,1-13H2. The lowest BCUT2D eigenvalue weighted by Crippen LogP contribution is -2.22. The molecule has 0 spiro atoms. The summed E-state index contributed by atoms with van der Waals surface area (Å²) in [7, 11) is 0. The van der Waals surface area contributed by atoms with Gasteiger partial charge in [-0.2, -0.15) is 5.26 Å². The lowest BCUT2D eigenvalue weighted by atomic mass is 9.91. The second kappa shape index (κ2) is 9.97. The van der Waals surface area contributed by atoms with Crippen LogP contribution in [-0.4, -0.2) is 25.3 Å². The first-order valence-electron chi connectivity index (χ1n) is 8.97. The first kappa shape index (κ1) is 17.4. The van der Waals surface area contributed by atoms with Crippen molar-refractivity contribution >= 4 is 5.78 Å². The van der Waals surface area contributed by atoms with Gasteiger partial charge in [-0.15, -0.1) is 0 Å². The van der Waals surface area contributed by atoms with Crippen LogP contribution in [0.3, 0.4) is 0 Å². The Morgan fingerprint density at radius 1 is 1.14 bits per heavy atom. The van der Waals surface area contributed by atoms with Crippen LogP contribution in [0.1, 0.15) is 70.6 Å². The van der Waals surface area contributed by atoms with Crippen molar-refractivity contribution in [2.75, 3.05) is 13.2 Å². The van der Waals surface area contributed by atoms with Crippen molar-refractivity contribution in [3.8, 4) is 6.07 Å². The zero-order valence-electron chi connectivity index (χ0n) is 13.6. The summed E-state index contributed by atoms with van der Waals surface area (Å²) < 4.78 is 11.2. The Balaban J connectivity index is 1.43. The molecule has 0 amide bonds. The SMILES string of the molecule is N#CC1CCC(=O)C1CCCCCCCOC1CCCCO1. The van der Waals surface area contributed by atoms with E-state index in [1.54, 1.807) is 0 Å². The third kappa shape index (κ3) is 5.70. The number of nitrogens with zero attached hydrogens (tertiary/aromatic N) is 1. The topological polar surface area (TPSA) is 59.3 Å². The smallest absolute Gasteiger partial charge is 0.157 e. The minimum atomic E-state index is -0.0172. The highest BCUT2D eigenvalue weighted by Gasteiger charge is 2.33. The summed E-state index contributed by atoms with van der Waals surface area (Å²) in [5.41, 5.74) is 0. The lowest BCUT2D eigenvalue weighted by Gasteiger charge is -2.22. The molecule has 4 heteroatoms. The van der Waals surface area contributed by atoms with Crippen LogP contribution in [0.2, 0.25) is 0 Å². The molecule has 124 valence electrons. The summed E-state index contributed by atoms with van der Waals surface area (Å²) in [5, 5.41) is 9.04. The van der Waals surface area contributed by atoms with E-state index in [9.17, 15) is 4.79 Å². The lowest BCUT2D eigenvalue weighted by molar-refractivity contribution is -0.162. The van der Waals surface area contributed by atoms with Gasteiger partial charge in [0.1, 0.15) is 5.78 Å². The monoisotopic (exact) mass is 307 g/mol. The Labute approximate surface area is 134 Å². The van der Waals surface area contributed by atoms with E-state index in [2.05, 4.69) is 6.07 Å². The van der Waals surface area contributed by atoms with Gasteiger partial charge >= 0.3 is 0 Å². The van der Waals surface area contributed by atoms with E-state index in [1.165, 1.54) is 19.3 Å². The van der Waals surface area contributed by atoms with Gasteiger partial charge in [0, 0.05) is 25.6 Å². The molecule has 3 unspecified atom stereocenters. The van der Waals surface area contributed by atoms with Crippen molar-refractivity contribution in [3.05, 3.63) is 0 Å². The Bertz CT molecular complexity index is 371. The van der Waals surface area contributed by atoms with Crippen LogP contribution in [0.15, 0.2) is 0 Å². The largest absolute Gasteiger partial charge is 0.353 e. The predicted molar refractivity (Wildman–Crippen MR) is 84.1 cm³/mol. The molecule has 0 aromatic heterocycles. The predicted octanol–water partition coefficient (Wildman–Crippen LogP) is 3.99. The van der Waals surface area contributed by atoms with Gasteiger partial charge in [-0.3, -0.25) is 4.79 Å². The molecule has 2 fully saturated rings. The van der Waals surface area contributed by atoms with Crippen LogP contribution in [0.25, 0.3) is 0 Å². The van der Waals surface area contributed by atoms with E-state index in [-0.39, 0.29) is 18.1 Å². The van der Waals surface area contributed by atoms with Gasteiger partial charge in [-0.05, 0) is 38.5 Å². The average molecular weight is 307 g/mol. The first-order chi connectivity index (χ1) is 10.8. The normalized spacial score (nSPS) is 28.7.